The Morgan fingerprint density at radius 1 is 1.28 bits per heavy atom. The maximum Gasteiger partial charge on any atom is 0.254 e. The fourth-order valence-corrected chi connectivity index (χ4v) is 1.66. The van der Waals surface area contributed by atoms with Gasteiger partial charge in [-0.15, -0.1) is 0 Å². The van der Waals surface area contributed by atoms with Crippen LogP contribution in [0.5, 0.6) is 0 Å². The van der Waals surface area contributed by atoms with Gasteiger partial charge in [0.15, 0.2) is 5.82 Å². The van der Waals surface area contributed by atoms with Gasteiger partial charge in [-0.05, 0) is 18.6 Å². The van der Waals surface area contributed by atoms with Crippen molar-refractivity contribution in [1.29, 1.82) is 0 Å². The molecular formula is C14H13FN2O. The summed E-state index contributed by atoms with van der Waals surface area (Å²) in [6.45, 7) is 1.85. The summed E-state index contributed by atoms with van der Waals surface area (Å²) in [5.74, 6) is -1.05. The van der Waals surface area contributed by atoms with Gasteiger partial charge in [-0.25, -0.2) is 4.39 Å². The minimum atomic E-state index is -0.615. The van der Waals surface area contributed by atoms with Gasteiger partial charge in [0.1, 0.15) is 0 Å². The predicted octanol–water partition coefficient (Wildman–Crippen LogP) is 2.71. The number of carbonyl (C=O) groups is 1. The lowest BCUT2D eigenvalue weighted by atomic mass is 10.1. The zero-order valence-electron chi connectivity index (χ0n) is 9.93. The normalized spacial score (nSPS) is 11.9. The Hall–Kier alpha value is -2.23. The average molecular weight is 244 g/mol. The van der Waals surface area contributed by atoms with Crippen LogP contribution in [0.25, 0.3) is 0 Å². The molecule has 0 unspecified atom stereocenters. The fraction of sp³-hybridized carbons (Fsp3) is 0.143. The molecule has 1 aromatic heterocycles. The Morgan fingerprint density at radius 2 is 2.00 bits per heavy atom. The van der Waals surface area contributed by atoms with Crippen LogP contribution in [0.2, 0.25) is 0 Å². The van der Waals surface area contributed by atoms with Gasteiger partial charge in [-0.1, -0.05) is 30.3 Å². The van der Waals surface area contributed by atoms with Crippen molar-refractivity contribution in [2.24, 2.45) is 0 Å². The van der Waals surface area contributed by atoms with Crippen molar-refractivity contribution in [3.63, 3.8) is 0 Å². The van der Waals surface area contributed by atoms with Gasteiger partial charge in [0.05, 0.1) is 17.8 Å². The van der Waals surface area contributed by atoms with E-state index in [2.05, 4.69) is 10.3 Å². The number of hydrogen-bond acceptors (Lipinski definition) is 2. The van der Waals surface area contributed by atoms with Gasteiger partial charge in [0, 0.05) is 6.20 Å². The Balaban J connectivity index is 2.11. The van der Waals surface area contributed by atoms with Crippen molar-refractivity contribution in [1.82, 2.24) is 10.3 Å². The van der Waals surface area contributed by atoms with Crippen LogP contribution < -0.4 is 5.32 Å². The van der Waals surface area contributed by atoms with Crippen molar-refractivity contribution in [2.45, 2.75) is 13.0 Å². The molecule has 2 aromatic rings. The molecule has 1 atom stereocenters. The fourth-order valence-electron chi connectivity index (χ4n) is 1.66. The largest absolute Gasteiger partial charge is 0.345 e. The van der Waals surface area contributed by atoms with Gasteiger partial charge in [-0.2, -0.15) is 0 Å². The molecule has 0 aliphatic heterocycles. The quantitative estimate of drug-likeness (QED) is 0.902. The Bertz CT molecular complexity index is 543. The van der Waals surface area contributed by atoms with Gasteiger partial charge >= 0.3 is 0 Å². The van der Waals surface area contributed by atoms with Crippen molar-refractivity contribution in [3.8, 4) is 0 Å². The molecule has 2 rings (SSSR count). The lowest BCUT2D eigenvalue weighted by Crippen LogP contribution is -2.27. The van der Waals surface area contributed by atoms with E-state index < -0.39 is 11.7 Å². The van der Waals surface area contributed by atoms with Crippen molar-refractivity contribution in [3.05, 3.63) is 65.7 Å². The minimum absolute atomic E-state index is 0.00720. The standard InChI is InChI=1S/C14H13FN2O/c1-10(11-5-3-2-4-6-11)17-14(18)12-7-8-16-9-13(12)15/h2-10H,1H3,(H,17,18)/t10-/m0/s1. The number of carbonyl (C=O) groups excluding carboxylic acids is 1. The summed E-state index contributed by atoms with van der Waals surface area (Å²) in [7, 11) is 0. The molecule has 1 N–H and O–H groups in total. The highest BCUT2D eigenvalue weighted by molar-refractivity contribution is 5.94. The molecule has 0 saturated carbocycles. The lowest BCUT2D eigenvalue weighted by molar-refractivity contribution is 0.0935. The predicted molar refractivity (Wildman–Crippen MR) is 66.5 cm³/mol. The molecule has 18 heavy (non-hydrogen) atoms. The zero-order chi connectivity index (χ0) is 13.0. The van der Waals surface area contributed by atoms with Crippen LogP contribution >= 0.6 is 0 Å². The Labute approximate surface area is 105 Å². The molecule has 1 heterocycles. The molecule has 0 aliphatic rings. The third-order valence-electron chi connectivity index (χ3n) is 2.66. The molecule has 0 saturated heterocycles. The summed E-state index contributed by atoms with van der Waals surface area (Å²) < 4.78 is 13.4. The second kappa shape index (κ2) is 5.40. The number of halogens is 1. The number of pyridine rings is 1. The van der Waals surface area contributed by atoms with Gasteiger partial charge in [0.2, 0.25) is 0 Å². The Morgan fingerprint density at radius 3 is 2.67 bits per heavy atom. The van der Waals surface area contributed by atoms with E-state index in [-0.39, 0.29) is 11.6 Å². The number of aromatic nitrogens is 1. The van der Waals surface area contributed by atoms with Gasteiger partial charge < -0.3 is 5.32 Å². The molecule has 0 radical (unpaired) electrons. The number of nitrogens with one attached hydrogen (secondary N) is 1. The molecule has 0 fully saturated rings. The first-order chi connectivity index (χ1) is 8.68. The van der Waals surface area contributed by atoms with Gasteiger partial charge in [0.25, 0.3) is 5.91 Å². The van der Waals surface area contributed by atoms with E-state index in [9.17, 15) is 9.18 Å². The van der Waals surface area contributed by atoms with Crippen LogP contribution in [0.1, 0.15) is 28.9 Å². The van der Waals surface area contributed by atoms with Crippen molar-refractivity contribution < 1.29 is 9.18 Å². The van der Waals surface area contributed by atoms with Crippen molar-refractivity contribution in [2.75, 3.05) is 0 Å². The summed E-state index contributed by atoms with van der Waals surface area (Å²) in [5.41, 5.74) is 0.980. The molecule has 1 amide bonds. The number of rotatable bonds is 3. The van der Waals surface area contributed by atoms with Crippen LogP contribution in [0.4, 0.5) is 4.39 Å². The first-order valence-electron chi connectivity index (χ1n) is 5.64. The number of nitrogens with zero attached hydrogens (tertiary/aromatic N) is 1. The molecule has 0 bridgehead atoms. The smallest absolute Gasteiger partial charge is 0.254 e. The van der Waals surface area contributed by atoms with E-state index in [1.165, 1.54) is 12.3 Å². The SMILES string of the molecule is C[C@H](NC(=O)c1ccncc1F)c1ccccc1. The minimum Gasteiger partial charge on any atom is -0.345 e. The van der Waals surface area contributed by atoms with E-state index in [1.807, 2.05) is 37.3 Å². The molecular weight excluding hydrogens is 231 g/mol. The topological polar surface area (TPSA) is 42.0 Å². The molecule has 0 aliphatic carbocycles. The van der Waals surface area contributed by atoms with E-state index in [0.717, 1.165) is 11.8 Å². The maximum absolute atomic E-state index is 13.4. The number of benzene rings is 1. The third kappa shape index (κ3) is 2.71. The second-order valence-corrected chi connectivity index (χ2v) is 3.96. The monoisotopic (exact) mass is 244 g/mol. The second-order valence-electron chi connectivity index (χ2n) is 3.96. The van der Waals surface area contributed by atoms with E-state index in [0.29, 0.717) is 0 Å². The number of hydrogen-bond donors (Lipinski definition) is 1. The van der Waals surface area contributed by atoms with E-state index in [1.54, 1.807) is 0 Å². The summed E-state index contributed by atoms with van der Waals surface area (Å²) in [6, 6.07) is 10.7. The first-order valence-corrected chi connectivity index (χ1v) is 5.64. The van der Waals surface area contributed by atoms with Crippen LogP contribution in [0.3, 0.4) is 0 Å². The molecule has 1 aromatic carbocycles. The molecule has 4 heteroatoms. The summed E-state index contributed by atoms with van der Waals surface area (Å²) in [5, 5.41) is 2.75. The van der Waals surface area contributed by atoms with Gasteiger partial charge in [-0.3, -0.25) is 9.78 Å². The summed E-state index contributed by atoms with van der Waals surface area (Å²) in [4.78, 5) is 15.5. The third-order valence-corrected chi connectivity index (χ3v) is 2.66. The number of amides is 1. The van der Waals surface area contributed by atoms with E-state index in [4.69, 9.17) is 0 Å². The van der Waals surface area contributed by atoms with E-state index >= 15 is 0 Å². The summed E-state index contributed by atoms with van der Waals surface area (Å²) in [6.07, 6.45) is 2.42. The molecule has 92 valence electrons. The average Bonchev–Trinajstić information content (AvgIpc) is 2.40. The van der Waals surface area contributed by atoms with Crippen molar-refractivity contribution >= 4 is 5.91 Å². The zero-order valence-corrected chi connectivity index (χ0v) is 9.93. The highest BCUT2D eigenvalue weighted by Crippen LogP contribution is 2.13. The first kappa shape index (κ1) is 12.2. The molecule has 0 spiro atoms. The molecule has 3 nitrogen and oxygen atoms in total. The Kier molecular flexibility index (Phi) is 3.67. The highest BCUT2D eigenvalue weighted by atomic mass is 19.1. The van der Waals surface area contributed by atoms with Crippen LogP contribution in [-0.4, -0.2) is 10.9 Å². The maximum atomic E-state index is 13.4. The lowest BCUT2D eigenvalue weighted by Gasteiger charge is -2.14. The van der Waals surface area contributed by atoms with Crippen LogP contribution in [-0.2, 0) is 0 Å². The highest BCUT2D eigenvalue weighted by Gasteiger charge is 2.14. The summed E-state index contributed by atoms with van der Waals surface area (Å²) >= 11 is 0. The van der Waals surface area contributed by atoms with Crippen LogP contribution in [0.15, 0.2) is 48.8 Å². The van der Waals surface area contributed by atoms with Crippen LogP contribution in [0, 0.1) is 5.82 Å².